The fourth-order valence-electron chi connectivity index (χ4n) is 1.19. The zero-order chi connectivity index (χ0) is 13.8. The maximum atomic E-state index is 11.8. The van der Waals surface area contributed by atoms with Gasteiger partial charge in [0, 0.05) is 20.3 Å². The van der Waals surface area contributed by atoms with Crippen LogP contribution in [0.2, 0.25) is 0 Å². The number of aromatic nitrogens is 1. The first-order chi connectivity index (χ1) is 8.41. The number of aliphatic hydroxyl groups excluding tert-OH is 2. The number of hydrogen-bond donors (Lipinski definition) is 3. The topological polar surface area (TPSA) is 103 Å². The van der Waals surface area contributed by atoms with Crippen LogP contribution in [0.4, 0.5) is 5.82 Å². The van der Waals surface area contributed by atoms with Crippen LogP contribution in [-0.2, 0) is 10.0 Å². The molecule has 8 heteroatoms. The zero-order valence-corrected chi connectivity index (χ0v) is 11.1. The van der Waals surface area contributed by atoms with Crippen LogP contribution in [0.15, 0.2) is 23.2 Å². The van der Waals surface area contributed by atoms with Crippen molar-refractivity contribution in [1.82, 2.24) is 9.29 Å². The lowest BCUT2D eigenvalue weighted by molar-refractivity contribution is 0.203. The van der Waals surface area contributed by atoms with E-state index in [4.69, 9.17) is 10.2 Å². The number of anilines is 1. The second-order valence-electron chi connectivity index (χ2n) is 3.87. The molecule has 0 aliphatic rings. The summed E-state index contributed by atoms with van der Waals surface area (Å²) in [5.41, 5.74) is 0. The van der Waals surface area contributed by atoms with Gasteiger partial charge in [0.2, 0.25) is 10.0 Å². The molecule has 1 rings (SSSR count). The second kappa shape index (κ2) is 6.10. The summed E-state index contributed by atoms with van der Waals surface area (Å²) in [6.45, 7) is -0.480. The van der Waals surface area contributed by atoms with Gasteiger partial charge in [-0.15, -0.1) is 0 Å². The van der Waals surface area contributed by atoms with Crippen molar-refractivity contribution in [2.24, 2.45) is 0 Å². The van der Waals surface area contributed by atoms with Crippen LogP contribution in [0.3, 0.4) is 0 Å². The van der Waals surface area contributed by atoms with Crippen molar-refractivity contribution in [3.8, 4) is 0 Å². The van der Waals surface area contributed by atoms with E-state index in [0.29, 0.717) is 5.82 Å². The van der Waals surface area contributed by atoms with Crippen LogP contribution >= 0.6 is 0 Å². The molecule has 0 aliphatic carbocycles. The van der Waals surface area contributed by atoms with Gasteiger partial charge in [-0.05, 0) is 12.1 Å². The molecule has 1 heterocycles. The minimum Gasteiger partial charge on any atom is -0.394 e. The summed E-state index contributed by atoms with van der Waals surface area (Å²) in [6, 6.07) is 2.37. The van der Waals surface area contributed by atoms with Gasteiger partial charge in [0.1, 0.15) is 10.7 Å². The molecule has 3 N–H and O–H groups in total. The molecule has 0 radical (unpaired) electrons. The largest absolute Gasteiger partial charge is 0.394 e. The van der Waals surface area contributed by atoms with Gasteiger partial charge in [-0.25, -0.2) is 17.7 Å². The van der Waals surface area contributed by atoms with Crippen molar-refractivity contribution in [1.29, 1.82) is 0 Å². The highest BCUT2D eigenvalue weighted by atomic mass is 32.2. The monoisotopic (exact) mass is 275 g/mol. The SMILES string of the molecule is CN(C)S(=O)(=O)c1ccc(NC(CO)CO)nc1. The molecule has 7 nitrogen and oxygen atoms in total. The van der Waals surface area contributed by atoms with Crippen molar-refractivity contribution >= 4 is 15.8 Å². The molecule has 0 fully saturated rings. The summed E-state index contributed by atoms with van der Waals surface area (Å²) in [5, 5.41) is 20.5. The predicted octanol–water partition coefficient (Wildman–Crippen LogP) is -0.903. The van der Waals surface area contributed by atoms with Gasteiger partial charge in [-0.3, -0.25) is 0 Å². The highest BCUT2D eigenvalue weighted by molar-refractivity contribution is 7.89. The molecule has 18 heavy (non-hydrogen) atoms. The van der Waals surface area contributed by atoms with Crippen molar-refractivity contribution in [3.63, 3.8) is 0 Å². The Morgan fingerprint density at radius 3 is 2.33 bits per heavy atom. The Balaban J connectivity index is 2.87. The third kappa shape index (κ3) is 3.39. The number of sulfonamides is 1. The fourth-order valence-corrected chi connectivity index (χ4v) is 2.03. The first-order valence-electron chi connectivity index (χ1n) is 5.28. The normalized spacial score (nSPS) is 12.1. The van der Waals surface area contributed by atoms with Gasteiger partial charge in [-0.2, -0.15) is 0 Å². The number of hydrogen-bond acceptors (Lipinski definition) is 6. The number of aliphatic hydroxyl groups is 2. The highest BCUT2D eigenvalue weighted by Gasteiger charge is 2.17. The summed E-state index contributed by atoms with van der Waals surface area (Å²) in [4.78, 5) is 4.01. The van der Waals surface area contributed by atoms with Crippen molar-refractivity contribution < 1.29 is 18.6 Å². The lowest BCUT2D eigenvalue weighted by Gasteiger charge is -2.15. The van der Waals surface area contributed by atoms with Crippen LogP contribution in [0.1, 0.15) is 0 Å². The molecule has 0 aliphatic heterocycles. The standard InChI is InChI=1S/C10H17N3O4S/c1-13(2)18(16,17)9-3-4-10(11-5-9)12-8(6-14)7-15/h3-5,8,14-15H,6-7H2,1-2H3,(H,11,12). The minimum atomic E-state index is -3.49. The molecule has 0 amide bonds. The van der Waals surface area contributed by atoms with E-state index >= 15 is 0 Å². The molecular formula is C10H17N3O4S. The Morgan fingerprint density at radius 1 is 1.33 bits per heavy atom. The van der Waals surface area contributed by atoms with Crippen molar-refractivity contribution in [2.45, 2.75) is 10.9 Å². The molecule has 102 valence electrons. The molecule has 1 aromatic rings. The Bertz CT molecular complexity index is 468. The maximum Gasteiger partial charge on any atom is 0.244 e. The summed E-state index contributed by atoms with van der Waals surface area (Å²) in [5.74, 6) is 0.390. The molecule has 0 bridgehead atoms. The van der Waals surface area contributed by atoms with Crippen LogP contribution in [0.25, 0.3) is 0 Å². The summed E-state index contributed by atoms with van der Waals surface area (Å²) < 4.78 is 24.6. The second-order valence-corrected chi connectivity index (χ2v) is 6.02. The predicted molar refractivity (Wildman–Crippen MR) is 66.7 cm³/mol. The zero-order valence-electron chi connectivity index (χ0n) is 10.2. The molecular weight excluding hydrogens is 258 g/mol. The summed E-state index contributed by atoms with van der Waals surface area (Å²) >= 11 is 0. The minimum absolute atomic E-state index is 0.0857. The first kappa shape index (κ1) is 14.8. The fraction of sp³-hybridized carbons (Fsp3) is 0.500. The molecule has 1 aromatic heterocycles. The quantitative estimate of drug-likeness (QED) is 0.621. The summed E-state index contributed by atoms with van der Waals surface area (Å²) in [6.07, 6.45) is 1.23. The van der Waals surface area contributed by atoms with Gasteiger partial charge in [-0.1, -0.05) is 0 Å². The number of rotatable bonds is 6. The molecule has 0 spiro atoms. The van der Waals surface area contributed by atoms with Crippen LogP contribution < -0.4 is 5.32 Å². The van der Waals surface area contributed by atoms with E-state index in [1.54, 1.807) is 0 Å². The van der Waals surface area contributed by atoms with Crippen molar-refractivity contribution in [3.05, 3.63) is 18.3 Å². The highest BCUT2D eigenvalue weighted by Crippen LogP contribution is 2.14. The molecule has 0 atom stereocenters. The third-order valence-corrected chi connectivity index (χ3v) is 4.11. The number of nitrogens with zero attached hydrogens (tertiary/aromatic N) is 2. The lowest BCUT2D eigenvalue weighted by Crippen LogP contribution is -2.28. The third-order valence-electron chi connectivity index (χ3n) is 2.31. The van der Waals surface area contributed by atoms with E-state index in [9.17, 15) is 8.42 Å². The van der Waals surface area contributed by atoms with Gasteiger partial charge in [0.15, 0.2) is 0 Å². The summed E-state index contributed by atoms with van der Waals surface area (Å²) in [7, 11) is -0.610. The van der Waals surface area contributed by atoms with Gasteiger partial charge in [0.25, 0.3) is 0 Å². The maximum absolute atomic E-state index is 11.8. The Labute approximate surface area is 106 Å². The van der Waals surface area contributed by atoms with E-state index in [-0.39, 0.29) is 18.1 Å². The Kier molecular flexibility index (Phi) is 5.03. The van der Waals surface area contributed by atoms with E-state index in [2.05, 4.69) is 10.3 Å². The Morgan fingerprint density at radius 2 is 1.94 bits per heavy atom. The lowest BCUT2D eigenvalue weighted by atomic mass is 10.3. The van der Waals surface area contributed by atoms with Gasteiger partial charge in [0.05, 0.1) is 19.3 Å². The number of pyridine rings is 1. The smallest absolute Gasteiger partial charge is 0.244 e. The average Bonchev–Trinajstić information content (AvgIpc) is 2.36. The van der Waals surface area contributed by atoms with E-state index < -0.39 is 16.1 Å². The molecule has 0 saturated heterocycles. The molecule has 0 unspecified atom stereocenters. The van der Waals surface area contributed by atoms with E-state index in [1.165, 1.54) is 32.4 Å². The van der Waals surface area contributed by atoms with Crippen molar-refractivity contribution in [2.75, 3.05) is 32.6 Å². The average molecular weight is 275 g/mol. The van der Waals surface area contributed by atoms with Crippen LogP contribution in [-0.4, -0.2) is 61.3 Å². The Hall–Kier alpha value is -1.22. The van der Waals surface area contributed by atoms with Crippen LogP contribution in [0.5, 0.6) is 0 Å². The van der Waals surface area contributed by atoms with E-state index in [1.807, 2.05) is 0 Å². The van der Waals surface area contributed by atoms with Crippen LogP contribution in [0, 0.1) is 0 Å². The van der Waals surface area contributed by atoms with Gasteiger partial charge < -0.3 is 15.5 Å². The number of nitrogens with one attached hydrogen (secondary N) is 1. The van der Waals surface area contributed by atoms with Gasteiger partial charge >= 0.3 is 0 Å². The van der Waals surface area contributed by atoms with E-state index in [0.717, 1.165) is 4.31 Å². The molecule has 0 saturated carbocycles. The first-order valence-corrected chi connectivity index (χ1v) is 6.72. The molecule has 0 aromatic carbocycles.